The van der Waals surface area contributed by atoms with Crippen molar-refractivity contribution in [1.29, 1.82) is 0 Å². The highest BCUT2D eigenvalue weighted by Gasteiger charge is 2.23. The van der Waals surface area contributed by atoms with E-state index in [1.807, 2.05) is 0 Å². The normalized spacial score (nSPS) is 16.6. The first-order chi connectivity index (χ1) is 11.2. The number of ether oxygens (including phenoxy) is 1. The van der Waals surface area contributed by atoms with Crippen LogP contribution in [-0.2, 0) is 25.1 Å². The highest BCUT2D eigenvalue weighted by molar-refractivity contribution is 7.89. The molecule has 1 aliphatic rings. The minimum atomic E-state index is -3.12. The van der Waals surface area contributed by atoms with Gasteiger partial charge < -0.3 is 10.1 Å². The second-order valence-electron chi connectivity index (χ2n) is 6.30. The standard InChI is InChI=1S/C17H23NO5S/c1-12(16(19)18-15-5-3-4-6-15)23-17(20)14-9-7-13(8-10-14)11-24(2,21)22/h7-10,12,15H,3-6,11H2,1-2H3,(H,18,19)/t12-/m1/s1. The van der Waals surface area contributed by atoms with Crippen molar-refractivity contribution in [3.05, 3.63) is 35.4 Å². The van der Waals surface area contributed by atoms with Crippen molar-refractivity contribution in [2.24, 2.45) is 0 Å². The molecular formula is C17H23NO5S. The van der Waals surface area contributed by atoms with Gasteiger partial charge in [0.25, 0.3) is 5.91 Å². The molecule has 1 N–H and O–H groups in total. The van der Waals surface area contributed by atoms with Gasteiger partial charge in [-0.3, -0.25) is 4.79 Å². The number of sulfone groups is 1. The van der Waals surface area contributed by atoms with Crippen LogP contribution in [0.4, 0.5) is 0 Å². The Balaban J connectivity index is 1.89. The van der Waals surface area contributed by atoms with Crippen molar-refractivity contribution in [2.45, 2.75) is 50.5 Å². The van der Waals surface area contributed by atoms with Crippen LogP contribution in [0, 0.1) is 0 Å². The summed E-state index contributed by atoms with van der Waals surface area (Å²) in [6.07, 6.45) is 4.44. The van der Waals surface area contributed by atoms with Crippen LogP contribution in [0.5, 0.6) is 0 Å². The maximum atomic E-state index is 12.1. The third-order valence-corrected chi connectivity index (χ3v) is 4.83. The fraction of sp³-hybridized carbons (Fsp3) is 0.529. The highest BCUT2D eigenvalue weighted by Crippen LogP contribution is 2.18. The van der Waals surface area contributed by atoms with Crippen molar-refractivity contribution < 1.29 is 22.7 Å². The van der Waals surface area contributed by atoms with Gasteiger partial charge in [-0.05, 0) is 37.5 Å². The molecule has 1 amide bonds. The predicted octanol–water partition coefficient (Wildman–Crippen LogP) is 1.84. The Hall–Kier alpha value is -1.89. The summed E-state index contributed by atoms with van der Waals surface area (Å²) in [5, 5.41) is 2.89. The topological polar surface area (TPSA) is 89.5 Å². The van der Waals surface area contributed by atoms with E-state index in [1.165, 1.54) is 12.1 Å². The fourth-order valence-electron chi connectivity index (χ4n) is 2.71. The van der Waals surface area contributed by atoms with Gasteiger partial charge in [0.1, 0.15) is 0 Å². The maximum Gasteiger partial charge on any atom is 0.338 e. The van der Waals surface area contributed by atoms with Crippen molar-refractivity contribution in [1.82, 2.24) is 5.32 Å². The summed E-state index contributed by atoms with van der Waals surface area (Å²) in [6.45, 7) is 1.54. The molecule has 0 aromatic heterocycles. The lowest BCUT2D eigenvalue weighted by molar-refractivity contribution is -0.129. The predicted molar refractivity (Wildman–Crippen MR) is 90.3 cm³/mol. The number of hydrogen-bond donors (Lipinski definition) is 1. The summed E-state index contributed by atoms with van der Waals surface area (Å²) in [5.74, 6) is -0.971. The number of carbonyl (C=O) groups excluding carboxylic acids is 2. The number of esters is 1. The molecule has 1 aromatic carbocycles. The van der Waals surface area contributed by atoms with Gasteiger partial charge in [-0.15, -0.1) is 0 Å². The first-order valence-corrected chi connectivity index (χ1v) is 10.1. The first kappa shape index (κ1) is 18.4. The van der Waals surface area contributed by atoms with Crippen LogP contribution >= 0.6 is 0 Å². The molecule has 1 fully saturated rings. The van der Waals surface area contributed by atoms with E-state index in [-0.39, 0.29) is 23.3 Å². The second-order valence-corrected chi connectivity index (χ2v) is 8.44. The minimum Gasteiger partial charge on any atom is -0.449 e. The number of amides is 1. The zero-order valence-corrected chi connectivity index (χ0v) is 14.8. The van der Waals surface area contributed by atoms with E-state index in [0.29, 0.717) is 5.56 Å². The highest BCUT2D eigenvalue weighted by atomic mass is 32.2. The van der Waals surface area contributed by atoms with Crippen molar-refractivity contribution >= 4 is 21.7 Å². The van der Waals surface area contributed by atoms with Crippen LogP contribution in [0.3, 0.4) is 0 Å². The second kappa shape index (κ2) is 7.79. The Morgan fingerprint density at radius 1 is 1.21 bits per heavy atom. The average molecular weight is 353 g/mol. The molecule has 1 aromatic rings. The van der Waals surface area contributed by atoms with Gasteiger partial charge in [-0.1, -0.05) is 25.0 Å². The van der Waals surface area contributed by atoms with E-state index in [0.717, 1.165) is 31.9 Å². The van der Waals surface area contributed by atoms with Crippen molar-refractivity contribution in [2.75, 3.05) is 6.26 Å². The summed E-state index contributed by atoms with van der Waals surface area (Å²) in [5.41, 5.74) is 0.883. The van der Waals surface area contributed by atoms with E-state index in [2.05, 4.69) is 5.32 Å². The van der Waals surface area contributed by atoms with Gasteiger partial charge >= 0.3 is 5.97 Å². The van der Waals surface area contributed by atoms with Gasteiger partial charge in [-0.25, -0.2) is 13.2 Å². The third-order valence-electron chi connectivity index (χ3n) is 3.97. The van der Waals surface area contributed by atoms with Gasteiger partial charge in [0, 0.05) is 12.3 Å². The van der Waals surface area contributed by atoms with Crippen LogP contribution in [0.2, 0.25) is 0 Å². The molecule has 132 valence electrons. The molecule has 2 rings (SSSR count). The Kier molecular flexibility index (Phi) is 5.99. The molecule has 0 bridgehead atoms. The molecule has 0 unspecified atom stereocenters. The van der Waals surface area contributed by atoms with Gasteiger partial charge in [-0.2, -0.15) is 0 Å². The summed E-state index contributed by atoms with van der Waals surface area (Å²) in [4.78, 5) is 24.1. The molecular weight excluding hydrogens is 330 g/mol. The lowest BCUT2D eigenvalue weighted by atomic mass is 10.1. The number of benzene rings is 1. The molecule has 24 heavy (non-hydrogen) atoms. The van der Waals surface area contributed by atoms with Crippen LogP contribution in [0.25, 0.3) is 0 Å². The fourth-order valence-corrected chi connectivity index (χ4v) is 3.51. The van der Waals surface area contributed by atoms with Gasteiger partial charge in [0.05, 0.1) is 11.3 Å². The van der Waals surface area contributed by atoms with Crippen LogP contribution < -0.4 is 5.32 Å². The molecule has 0 spiro atoms. The smallest absolute Gasteiger partial charge is 0.338 e. The quantitative estimate of drug-likeness (QED) is 0.788. The monoisotopic (exact) mass is 353 g/mol. The Labute approximate surface area is 142 Å². The van der Waals surface area contributed by atoms with E-state index in [1.54, 1.807) is 19.1 Å². The summed E-state index contributed by atoms with van der Waals surface area (Å²) in [7, 11) is -3.12. The van der Waals surface area contributed by atoms with Gasteiger partial charge in [0.15, 0.2) is 15.9 Å². The van der Waals surface area contributed by atoms with E-state index in [9.17, 15) is 18.0 Å². The van der Waals surface area contributed by atoms with Crippen LogP contribution in [0.15, 0.2) is 24.3 Å². The molecule has 0 heterocycles. The van der Waals surface area contributed by atoms with E-state index in [4.69, 9.17) is 4.74 Å². The zero-order valence-electron chi connectivity index (χ0n) is 13.9. The van der Waals surface area contributed by atoms with E-state index >= 15 is 0 Å². The van der Waals surface area contributed by atoms with Gasteiger partial charge in [0.2, 0.25) is 0 Å². The Morgan fingerprint density at radius 2 is 1.79 bits per heavy atom. The molecule has 0 radical (unpaired) electrons. The number of hydrogen-bond acceptors (Lipinski definition) is 5. The zero-order chi connectivity index (χ0) is 17.7. The SMILES string of the molecule is C[C@@H](OC(=O)c1ccc(CS(C)(=O)=O)cc1)C(=O)NC1CCCC1. The largest absolute Gasteiger partial charge is 0.449 e. The number of rotatable bonds is 6. The first-order valence-electron chi connectivity index (χ1n) is 8.02. The molecule has 0 aliphatic heterocycles. The maximum absolute atomic E-state index is 12.1. The van der Waals surface area contributed by atoms with Crippen molar-refractivity contribution in [3.63, 3.8) is 0 Å². The molecule has 7 heteroatoms. The molecule has 6 nitrogen and oxygen atoms in total. The molecule has 0 saturated heterocycles. The van der Waals surface area contributed by atoms with Crippen LogP contribution in [-0.4, -0.2) is 38.7 Å². The number of carbonyl (C=O) groups is 2. The van der Waals surface area contributed by atoms with Crippen LogP contribution in [0.1, 0.15) is 48.5 Å². The molecule has 1 aliphatic carbocycles. The molecule has 1 saturated carbocycles. The Bertz CT molecular complexity index is 690. The minimum absolute atomic E-state index is 0.0808. The molecule has 1 atom stereocenters. The van der Waals surface area contributed by atoms with Crippen molar-refractivity contribution in [3.8, 4) is 0 Å². The van der Waals surface area contributed by atoms with E-state index < -0.39 is 21.9 Å². The lowest BCUT2D eigenvalue weighted by Gasteiger charge is -2.17. The summed E-state index contributed by atoms with van der Waals surface area (Å²) >= 11 is 0. The third kappa shape index (κ3) is 5.63. The average Bonchev–Trinajstić information content (AvgIpc) is 2.99. The number of nitrogens with one attached hydrogen (secondary N) is 1. The lowest BCUT2D eigenvalue weighted by Crippen LogP contribution is -2.40. The summed E-state index contributed by atoms with van der Waals surface area (Å²) < 4.78 is 27.7. The summed E-state index contributed by atoms with van der Waals surface area (Å²) in [6, 6.07) is 6.32. The Morgan fingerprint density at radius 3 is 2.33 bits per heavy atom.